The van der Waals surface area contributed by atoms with Crippen LogP contribution in [0.4, 0.5) is 0 Å². The summed E-state index contributed by atoms with van der Waals surface area (Å²) in [5, 5.41) is 10.00. The highest BCUT2D eigenvalue weighted by atomic mass is 32.2. The summed E-state index contributed by atoms with van der Waals surface area (Å²) in [6.07, 6.45) is 2.66. The minimum Gasteiger partial charge on any atom is -0.313 e. The standard InChI is InChI=1S/C14H26N4O2S/c1-5-15-7-13-8-16-17-14(13)21(19,20)18-9-10(2)6-11(3)12(18)4/h8,10-12,15H,5-7,9H2,1-4H3,(H,16,17). The van der Waals surface area contributed by atoms with Crippen molar-refractivity contribution in [2.75, 3.05) is 13.1 Å². The Labute approximate surface area is 127 Å². The Hall–Kier alpha value is -0.920. The fraction of sp³-hybridized carbons (Fsp3) is 0.786. The van der Waals surface area contributed by atoms with Crippen LogP contribution in [-0.4, -0.2) is 42.1 Å². The maximum Gasteiger partial charge on any atom is 0.260 e. The molecule has 0 spiro atoms. The van der Waals surface area contributed by atoms with Gasteiger partial charge in [-0.15, -0.1) is 0 Å². The molecule has 0 aromatic carbocycles. The quantitative estimate of drug-likeness (QED) is 0.865. The van der Waals surface area contributed by atoms with E-state index in [1.807, 2.05) is 13.8 Å². The number of sulfonamides is 1. The zero-order valence-electron chi connectivity index (χ0n) is 13.3. The average Bonchev–Trinajstić information content (AvgIpc) is 2.89. The molecule has 0 aliphatic carbocycles. The fourth-order valence-corrected chi connectivity index (χ4v) is 4.96. The number of nitrogens with one attached hydrogen (secondary N) is 2. The van der Waals surface area contributed by atoms with Crippen LogP contribution >= 0.6 is 0 Å². The molecule has 1 aromatic rings. The third-order valence-electron chi connectivity index (χ3n) is 4.35. The van der Waals surface area contributed by atoms with Crippen LogP contribution in [-0.2, 0) is 16.6 Å². The van der Waals surface area contributed by atoms with E-state index in [2.05, 4.69) is 29.4 Å². The van der Waals surface area contributed by atoms with E-state index in [0.717, 1.165) is 13.0 Å². The summed E-state index contributed by atoms with van der Waals surface area (Å²) in [6, 6.07) is 0.0153. The van der Waals surface area contributed by atoms with Crippen molar-refractivity contribution in [2.45, 2.75) is 51.7 Å². The minimum atomic E-state index is -3.52. The van der Waals surface area contributed by atoms with Gasteiger partial charge < -0.3 is 5.32 Å². The highest BCUT2D eigenvalue weighted by Gasteiger charge is 2.38. The summed E-state index contributed by atoms with van der Waals surface area (Å²) >= 11 is 0. The van der Waals surface area contributed by atoms with Crippen LogP contribution in [0, 0.1) is 11.8 Å². The number of aromatic amines is 1. The van der Waals surface area contributed by atoms with Crippen LogP contribution < -0.4 is 5.32 Å². The largest absolute Gasteiger partial charge is 0.313 e. The number of hydrogen-bond acceptors (Lipinski definition) is 4. The van der Waals surface area contributed by atoms with Gasteiger partial charge in [0.15, 0.2) is 5.03 Å². The van der Waals surface area contributed by atoms with E-state index in [-0.39, 0.29) is 11.1 Å². The second kappa shape index (κ2) is 6.46. The fourth-order valence-electron chi connectivity index (χ4n) is 3.01. The Morgan fingerprint density at radius 2 is 2.14 bits per heavy atom. The summed E-state index contributed by atoms with van der Waals surface area (Å²) in [6.45, 7) is 10.1. The van der Waals surface area contributed by atoms with Crippen molar-refractivity contribution in [3.05, 3.63) is 11.8 Å². The predicted octanol–water partition coefficient (Wildman–Crippen LogP) is 1.57. The second-order valence-corrected chi connectivity index (χ2v) is 7.97. The first-order valence-corrected chi connectivity index (χ1v) is 9.06. The summed E-state index contributed by atoms with van der Waals surface area (Å²) in [4.78, 5) is 0. The minimum absolute atomic E-state index is 0.0153. The zero-order valence-corrected chi connectivity index (χ0v) is 14.1. The first-order valence-electron chi connectivity index (χ1n) is 7.62. The van der Waals surface area contributed by atoms with Gasteiger partial charge in [0.05, 0.1) is 6.20 Å². The Kier molecular flexibility index (Phi) is 5.06. The van der Waals surface area contributed by atoms with E-state index in [1.54, 1.807) is 10.5 Å². The van der Waals surface area contributed by atoms with E-state index >= 15 is 0 Å². The van der Waals surface area contributed by atoms with Gasteiger partial charge >= 0.3 is 0 Å². The van der Waals surface area contributed by atoms with Crippen molar-refractivity contribution in [2.24, 2.45) is 11.8 Å². The molecule has 120 valence electrons. The molecule has 2 heterocycles. The molecule has 3 atom stereocenters. The monoisotopic (exact) mass is 314 g/mol. The van der Waals surface area contributed by atoms with Gasteiger partial charge in [0, 0.05) is 24.7 Å². The molecular formula is C14H26N4O2S. The van der Waals surface area contributed by atoms with Crippen LogP contribution in [0.15, 0.2) is 11.2 Å². The highest BCUT2D eigenvalue weighted by Crippen LogP contribution is 2.31. The van der Waals surface area contributed by atoms with E-state index in [4.69, 9.17) is 0 Å². The Bertz CT molecular complexity index is 569. The molecule has 0 saturated carbocycles. The third-order valence-corrected chi connectivity index (χ3v) is 6.32. The molecule has 2 N–H and O–H groups in total. The molecule has 3 unspecified atom stereocenters. The summed E-state index contributed by atoms with van der Waals surface area (Å²) in [5.74, 6) is 0.745. The van der Waals surface area contributed by atoms with Crippen molar-refractivity contribution < 1.29 is 8.42 Å². The molecule has 7 heteroatoms. The first kappa shape index (κ1) is 16.5. The lowest BCUT2D eigenvalue weighted by Gasteiger charge is -2.39. The molecular weight excluding hydrogens is 288 g/mol. The van der Waals surface area contributed by atoms with Gasteiger partial charge in [-0.25, -0.2) is 8.42 Å². The summed E-state index contributed by atoms with van der Waals surface area (Å²) < 4.78 is 27.6. The first-order chi connectivity index (χ1) is 9.87. The van der Waals surface area contributed by atoms with Crippen LogP contribution in [0.1, 0.15) is 39.7 Å². The molecule has 6 nitrogen and oxygen atoms in total. The number of nitrogens with zero attached hydrogens (tertiary/aromatic N) is 2. The predicted molar refractivity (Wildman–Crippen MR) is 82.3 cm³/mol. The molecule has 0 bridgehead atoms. The van der Waals surface area contributed by atoms with E-state index in [0.29, 0.717) is 30.5 Å². The molecule has 2 rings (SSSR count). The smallest absolute Gasteiger partial charge is 0.260 e. The maximum absolute atomic E-state index is 13.0. The number of hydrogen-bond donors (Lipinski definition) is 2. The lowest BCUT2D eigenvalue weighted by atomic mass is 9.88. The van der Waals surface area contributed by atoms with Gasteiger partial charge in [-0.3, -0.25) is 5.10 Å². The molecule has 1 aromatic heterocycles. The van der Waals surface area contributed by atoms with E-state index < -0.39 is 10.0 Å². The van der Waals surface area contributed by atoms with Gasteiger partial charge in [-0.1, -0.05) is 20.8 Å². The third kappa shape index (κ3) is 3.30. The molecule has 0 radical (unpaired) electrons. The number of piperidine rings is 1. The van der Waals surface area contributed by atoms with Crippen molar-refractivity contribution >= 4 is 10.0 Å². The topological polar surface area (TPSA) is 78.1 Å². The van der Waals surface area contributed by atoms with Crippen LogP contribution in [0.2, 0.25) is 0 Å². The molecule has 1 fully saturated rings. The SMILES string of the molecule is CCNCc1cn[nH]c1S(=O)(=O)N1CC(C)CC(C)C1C. The lowest BCUT2D eigenvalue weighted by Crippen LogP contribution is -2.49. The van der Waals surface area contributed by atoms with Gasteiger partial charge in [-0.2, -0.15) is 9.40 Å². The van der Waals surface area contributed by atoms with Gasteiger partial charge in [0.1, 0.15) is 0 Å². The Morgan fingerprint density at radius 1 is 1.43 bits per heavy atom. The number of rotatable bonds is 5. The summed E-state index contributed by atoms with van der Waals surface area (Å²) in [7, 11) is -3.52. The highest BCUT2D eigenvalue weighted by molar-refractivity contribution is 7.89. The van der Waals surface area contributed by atoms with Crippen molar-refractivity contribution in [1.29, 1.82) is 0 Å². The van der Waals surface area contributed by atoms with Gasteiger partial charge in [0.25, 0.3) is 10.0 Å². The number of H-pyrrole nitrogens is 1. The normalized spacial score (nSPS) is 27.9. The lowest BCUT2D eigenvalue weighted by molar-refractivity contribution is 0.157. The zero-order chi connectivity index (χ0) is 15.6. The van der Waals surface area contributed by atoms with E-state index in [9.17, 15) is 8.42 Å². The van der Waals surface area contributed by atoms with Crippen molar-refractivity contribution in [3.63, 3.8) is 0 Å². The van der Waals surface area contributed by atoms with E-state index in [1.165, 1.54) is 0 Å². The van der Waals surface area contributed by atoms with Crippen molar-refractivity contribution in [1.82, 2.24) is 19.8 Å². The second-order valence-electron chi connectivity index (χ2n) is 6.14. The van der Waals surface area contributed by atoms with Crippen LogP contribution in [0.25, 0.3) is 0 Å². The van der Waals surface area contributed by atoms with Crippen LogP contribution in [0.3, 0.4) is 0 Å². The Morgan fingerprint density at radius 3 is 2.81 bits per heavy atom. The average molecular weight is 314 g/mol. The van der Waals surface area contributed by atoms with Gasteiger partial charge in [-0.05, 0) is 31.7 Å². The Balaban J connectivity index is 2.31. The van der Waals surface area contributed by atoms with Gasteiger partial charge in [0.2, 0.25) is 0 Å². The molecule has 1 aliphatic heterocycles. The molecule has 0 amide bonds. The van der Waals surface area contributed by atoms with Crippen molar-refractivity contribution in [3.8, 4) is 0 Å². The van der Waals surface area contributed by atoms with Crippen LogP contribution in [0.5, 0.6) is 0 Å². The molecule has 1 saturated heterocycles. The summed E-state index contributed by atoms with van der Waals surface area (Å²) in [5.41, 5.74) is 0.704. The number of aromatic nitrogens is 2. The maximum atomic E-state index is 13.0. The molecule has 21 heavy (non-hydrogen) atoms. The molecule has 1 aliphatic rings.